The van der Waals surface area contributed by atoms with Gasteiger partial charge in [-0.25, -0.2) is 4.98 Å². The van der Waals surface area contributed by atoms with Crippen LogP contribution in [0.1, 0.15) is 32.7 Å². The molecular weight excluding hydrogens is 202 g/mol. The average molecular weight is 219 g/mol. The van der Waals surface area contributed by atoms with Gasteiger partial charge in [0.15, 0.2) is 5.82 Å². The van der Waals surface area contributed by atoms with E-state index in [4.69, 9.17) is 0 Å². The number of hydrogen-bond acceptors (Lipinski definition) is 3. The molecule has 16 heavy (non-hydrogen) atoms. The highest BCUT2D eigenvalue weighted by Gasteiger charge is 2.13. The van der Waals surface area contributed by atoms with Gasteiger partial charge in [0.25, 0.3) is 5.56 Å². The Balaban J connectivity index is 2.21. The topological polar surface area (TPSA) is 46.9 Å². The predicted molar refractivity (Wildman–Crippen MR) is 64.7 cm³/mol. The third-order valence-electron chi connectivity index (χ3n) is 2.77. The summed E-state index contributed by atoms with van der Waals surface area (Å²) in [5.74, 6) is 0.463. The first-order chi connectivity index (χ1) is 7.68. The summed E-state index contributed by atoms with van der Waals surface area (Å²) in [6.45, 7) is 3.98. The van der Waals surface area contributed by atoms with E-state index >= 15 is 0 Å². The van der Waals surface area contributed by atoms with Gasteiger partial charge in [-0.3, -0.25) is 4.79 Å². The third-order valence-corrected chi connectivity index (χ3v) is 2.77. The lowest BCUT2D eigenvalue weighted by molar-refractivity contribution is 0.574. The highest BCUT2D eigenvalue weighted by Crippen LogP contribution is 2.13. The summed E-state index contributed by atoms with van der Waals surface area (Å²) in [6.07, 6.45) is 9.59. The second-order valence-electron chi connectivity index (χ2n) is 4.37. The van der Waals surface area contributed by atoms with E-state index in [0.717, 1.165) is 12.8 Å². The van der Waals surface area contributed by atoms with Crippen LogP contribution in [0.25, 0.3) is 0 Å². The smallest absolute Gasteiger partial charge is 0.293 e. The molecule has 0 atom stereocenters. The van der Waals surface area contributed by atoms with E-state index in [1.165, 1.54) is 0 Å². The summed E-state index contributed by atoms with van der Waals surface area (Å²) >= 11 is 0. The SMILES string of the molecule is CC(C)n1ccnc(NC2CC=CC2)c1=O. The summed E-state index contributed by atoms with van der Waals surface area (Å²) in [5, 5.41) is 3.20. The first-order valence-corrected chi connectivity index (χ1v) is 5.67. The molecule has 0 aromatic carbocycles. The fraction of sp³-hybridized carbons (Fsp3) is 0.500. The summed E-state index contributed by atoms with van der Waals surface area (Å²) in [6, 6.07) is 0.487. The quantitative estimate of drug-likeness (QED) is 0.790. The molecule has 1 aromatic heterocycles. The zero-order chi connectivity index (χ0) is 11.5. The van der Waals surface area contributed by atoms with Crippen molar-refractivity contribution in [2.45, 2.75) is 38.8 Å². The molecule has 1 aromatic rings. The van der Waals surface area contributed by atoms with Crippen LogP contribution >= 0.6 is 0 Å². The minimum absolute atomic E-state index is 0.0376. The minimum atomic E-state index is -0.0376. The zero-order valence-corrected chi connectivity index (χ0v) is 9.68. The number of aromatic nitrogens is 2. The molecule has 1 heterocycles. The number of rotatable bonds is 3. The second kappa shape index (κ2) is 4.51. The molecule has 0 saturated carbocycles. The molecule has 1 N–H and O–H groups in total. The monoisotopic (exact) mass is 219 g/mol. The van der Waals surface area contributed by atoms with Gasteiger partial charge < -0.3 is 9.88 Å². The maximum Gasteiger partial charge on any atom is 0.293 e. The summed E-state index contributed by atoms with van der Waals surface area (Å²) in [4.78, 5) is 16.1. The molecule has 1 aliphatic rings. The van der Waals surface area contributed by atoms with Crippen molar-refractivity contribution in [2.75, 3.05) is 5.32 Å². The molecule has 2 rings (SSSR count). The van der Waals surface area contributed by atoms with Crippen molar-refractivity contribution < 1.29 is 0 Å². The van der Waals surface area contributed by atoms with E-state index < -0.39 is 0 Å². The van der Waals surface area contributed by atoms with Gasteiger partial charge in [-0.2, -0.15) is 0 Å². The van der Waals surface area contributed by atoms with E-state index in [1.807, 2.05) is 13.8 Å². The Labute approximate surface area is 95.0 Å². The number of hydrogen-bond donors (Lipinski definition) is 1. The van der Waals surface area contributed by atoms with Crippen molar-refractivity contribution >= 4 is 5.82 Å². The molecule has 0 radical (unpaired) electrons. The van der Waals surface area contributed by atoms with Crippen LogP contribution in [-0.4, -0.2) is 15.6 Å². The molecule has 0 aliphatic heterocycles. The van der Waals surface area contributed by atoms with Gasteiger partial charge in [-0.15, -0.1) is 0 Å². The fourth-order valence-electron chi connectivity index (χ4n) is 1.86. The Bertz CT molecular complexity index is 440. The van der Waals surface area contributed by atoms with Crippen molar-refractivity contribution in [2.24, 2.45) is 0 Å². The van der Waals surface area contributed by atoms with E-state index in [2.05, 4.69) is 22.5 Å². The molecule has 0 saturated heterocycles. The van der Waals surface area contributed by atoms with Gasteiger partial charge in [-0.05, 0) is 26.7 Å². The average Bonchev–Trinajstić information content (AvgIpc) is 2.73. The first-order valence-electron chi connectivity index (χ1n) is 5.67. The van der Waals surface area contributed by atoms with Crippen molar-refractivity contribution in [1.82, 2.24) is 9.55 Å². The molecule has 86 valence electrons. The molecule has 1 aliphatic carbocycles. The van der Waals surface area contributed by atoms with E-state index in [9.17, 15) is 4.79 Å². The van der Waals surface area contributed by atoms with Gasteiger partial charge in [0.1, 0.15) is 0 Å². The van der Waals surface area contributed by atoms with Crippen LogP contribution in [0.3, 0.4) is 0 Å². The zero-order valence-electron chi connectivity index (χ0n) is 9.68. The molecule has 4 nitrogen and oxygen atoms in total. The standard InChI is InChI=1S/C12H17N3O/c1-9(2)15-8-7-13-11(12(15)16)14-10-5-3-4-6-10/h3-4,7-10H,5-6H2,1-2H3,(H,13,14). The maximum atomic E-state index is 12.0. The molecule has 0 fully saturated rings. The Morgan fingerprint density at radius 1 is 1.44 bits per heavy atom. The Hall–Kier alpha value is -1.58. The van der Waals surface area contributed by atoms with E-state index in [-0.39, 0.29) is 11.6 Å². The predicted octanol–water partition coefficient (Wildman–Crippen LogP) is 1.95. The van der Waals surface area contributed by atoms with Crippen LogP contribution in [0.5, 0.6) is 0 Å². The van der Waals surface area contributed by atoms with Gasteiger partial charge in [0.2, 0.25) is 0 Å². The largest absolute Gasteiger partial charge is 0.362 e. The summed E-state index contributed by atoms with van der Waals surface area (Å²) in [5.41, 5.74) is -0.0376. The van der Waals surface area contributed by atoms with Crippen LogP contribution in [-0.2, 0) is 0 Å². The highest BCUT2D eigenvalue weighted by molar-refractivity contribution is 5.33. The van der Waals surface area contributed by atoms with Crippen LogP contribution in [0.2, 0.25) is 0 Å². The van der Waals surface area contributed by atoms with E-state index in [1.54, 1.807) is 17.0 Å². The molecule has 0 unspecified atom stereocenters. The summed E-state index contributed by atoms with van der Waals surface area (Å²) in [7, 11) is 0. The second-order valence-corrected chi connectivity index (χ2v) is 4.37. The Morgan fingerprint density at radius 2 is 2.12 bits per heavy atom. The van der Waals surface area contributed by atoms with Gasteiger partial charge in [0, 0.05) is 24.5 Å². The van der Waals surface area contributed by atoms with Crippen molar-refractivity contribution in [1.29, 1.82) is 0 Å². The molecule has 0 bridgehead atoms. The minimum Gasteiger partial charge on any atom is -0.362 e. The first kappa shape index (κ1) is 10.9. The normalized spacial score (nSPS) is 15.9. The van der Waals surface area contributed by atoms with E-state index in [0.29, 0.717) is 11.9 Å². The number of nitrogens with zero attached hydrogens (tertiary/aromatic N) is 2. The lowest BCUT2D eigenvalue weighted by Gasteiger charge is -2.15. The number of anilines is 1. The molecular formula is C12H17N3O. The fourth-order valence-corrected chi connectivity index (χ4v) is 1.86. The van der Waals surface area contributed by atoms with Gasteiger partial charge in [-0.1, -0.05) is 12.2 Å². The lowest BCUT2D eigenvalue weighted by Crippen LogP contribution is -2.28. The van der Waals surface area contributed by atoms with Gasteiger partial charge in [0.05, 0.1) is 0 Å². The Kier molecular flexibility index (Phi) is 3.08. The van der Waals surface area contributed by atoms with Crippen LogP contribution in [0.15, 0.2) is 29.3 Å². The third kappa shape index (κ3) is 2.15. The lowest BCUT2D eigenvalue weighted by atomic mass is 10.2. The summed E-state index contributed by atoms with van der Waals surface area (Å²) < 4.78 is 1.69. The molecule has 0 spiro atoms. The highest BCUT2D eigenvalue weighted by atomic mass is 16.1. The van der Waals surface area contributed by atoms with Crippen LogP contribution in [0, 0.1) is 0 Å². The van der Waals surface area contributed by atoms with Crippen molar-refractivity contribution in [3.8, 4) is 0 Å². The molecule has 0 amide bonds. The van der Waals surface area contributed by atoms with Crippen molar-refractivity contribution in [3.63, 3.8) is 0 Å². The van der Waals surface area contributed by atoms with Gasteiger partial charge >= 0.3 is 0 Å². The van der Waals surface area contributed by atoms with Crippen molar-refractivity contribution in [3.05, 3.63) is 34.9 Å². The maximum absolute atomic E-state index is 12.0. The van der Waals surface area contributed by atoms with Crippen LogP contribution in [0.4, 0.5) is 5.82 Å². The number of nitrogens with one attached hydrogen (secondary N) is 1. The Morgan fingerprint density at radius 3 is 2.75 bits per heavy atom. The molecule has 4 heteroatoms. The van der Waals surface area contributed by atoms with Crippen LogP contribution < -0.4 is 10.9 Å².